The topological polar surface area (TPSA) is 50.4 Å². The van der Waals surface area contributed by atoms with Crippen molar-refractivity contribution in [2.75, 3.05) is 32.7 Å². The molecule has 3 rings (SSSR count). The Balaban J connectivity index is 1.81. The number of anilines is 1. The molecule has 0 spiro atoms. The van der Waals surface area contributed by atoms with Gasteiger partial charge in [0.25, 0.3) is 0 Å². The van der Waals surface area contributed by atoms with Gasteiger partial charge in [0.15, 0.2) is 16.7 Å². The number of benzene rings is 2. The van der Waals surface area contributed by atoms with Crippen molar-refractivity contribution in [3.05, 3.63) is 42.0 Å². The Morgan fingerprint density at radius 2 is 1.96 bits per heavy atom. The van der Waals surface area contributed by atoms with Crippen molar-refractivity contribution in [3.8, 4) is 11.5 Å². The highest BCUT2D eigenvalue weighted by molar-refractivity contribution is 7.98. The summed E-state index contributed by atoms with van der Waals surface area (Å²) in [6, 6.07) is 12.3. The number of thioether (sulfide) groups is 1. The zero-order valence-electron chi connectivity index (χ0n) is 15.7. The van der Waals surface area contributed by atoms with E-state index in [9.17, 15) is 0 Å². The third-order valence-corrected chi connectivity index (χ3v) is 4.97. The SMILES string of the molecule is CCCOc1cc2[nH]c(SCc3ccccc3N(C)C)nc2cc1OC. The molecule has 0 amide bonds. The van der Waals surface area contributed by atoms with Crippen LogP contribution < -0.4 is 14.4 Å². The monoisotopic (exact) mass is 371 g/mol. The van der Waals surface area contributed by atoms with E-state index in [0.717, 1.165) is 34.1 Å². The maximum absolute atomic E-state index is 5.78. The minimum absolute atomic E-state index is 0.666. The van der Waals surface area contributed by atoms with Gasteiger partial charge in [-0.25, -0.2) is 4.98 Å². The van der Waals surface area contributed by atoms with Crippen LogP contribution >= 0.6 is 11.8 Å². The van der Waals surface area contributed by atoms with Gasteiger partial charge >= 0.3 is 0 Å². The largest absolute Gasteiger partial charge is 0.493 e. The standard InChI is InChI=1S/C20H25N3O2S/c1-5-10-25-19-12-16-15(11-18(19)24-4)21-20(22-16)26-13-14-8-6-7-9-17(14)23(2)3/h6-9,11-12H,5,10,13H2,1-4H3,(H,21,22). The summed E-state index contributed by atoms with van der Waals surface area (Å²) in [6.07, 6.45) is 0.955. The maximum Gasteiger partial charge on any atom is 0.166 e. The molecular weight excluding hydrogens is 346 g/mol. The Morgan fingerprint density at radius 3 is 2.69 bits per heavy atom. The normalized spacial score (nSPS) is 10.9. The fraction of sp³-hybridized carbons (Fsp3) is 0.350. The van der Waals surface area contributed by atoms with Gasteiger partial charge in [-0.3, -0.25) is 0 Å². The fourth-order valence-electron chi connectivity index (χ4n) is 2.76. The molecule has 26 heavy (non-hydrogen) atoms. The molecule has 138 valence electrons. The number of imidazole rings is 1. The number of rotatable bonds is 8. The Labute approximate surface area is 158 Å². The number of nitrogens with zero attached hydrogens (tertiary/aromatic N) is 2. The molecule has 0 saturated heterocycles. The number of para-hydroxylation sites is 1. The molecule has 1 N–H and O–H groups in total. The Bertz CT molecular complexity index is 877. The summed E-state index contributed by atoms with van der Waals surface area (Å²) in [5.74, 6) is 2.32. The van der Waals surface area contributed by atoms with Crippen LogP contribution in [0.2, 0.25) is 0 Å². The Hall–Kier alpha value is -2.34. The smallest absolute Gasteiger partial charge is 0.166 e. The van der Waals surface area contributed by atoms with Crippen molar-refractivity contribution in [2.45, 2.75) is 24.3 Å². The van der Waals surface area contributed by atoms with Crippen LogP contribution in [-0.4, -0.2) is 37.8 Å². The molecule has 1 heterocycles. The van der Waals surface area contributed by atoms with Crippen LogP contribution in [-0.2, 0) is 5.75 Å². The molecule has 0 aliphatic rings. The average Bonchev–Trinajstić information content (AvgIpc) is 3.05. The van der Waals surface area contributed by atoms with Gasteiger partial charge in [-0.1, -0.05) is 36.9 Å². The van der Waals surface area contributed by atoms with E-state index < -0.39 is 0 Å². The van der Waals surface area contributed by atoms with Gasteiger partial charge in [0.05, 0.1) is 24.8 Å². The van der Waals surface area contributed by atoms with Gasteiger partial charge in [-0.15, -0.1) is 0 Å². The molecule has 0 radical (unpaired) electrons. The Kier molecular flexibility index (Phi) is 5.93. The third kappa shape index (κ3) is 4.07. The number of fused-ring (bicyclic) bond motifs is 1. The van der Waals surface area contributed by atoms with E-state index in [1.54, 1.807) is 18.9 Å². The molecule has 1 aromatic heterocycles. The van der Waals surface area contributed by atoms with E-state index in [1.807, 2.05) is 12.1 Å². The first-order valence-corrected chi connectivity index (χ1v) is 9.69. The molecule has 0 bridgehead atoms. The van der Waals surface area contributed by atoms with E-state index in [4.69, 9.17) is 14.5 Å². The summed E-state index contributed by atoms with van der Waals surface area (Å²) < 4.78 is 11.2. The predicted octanol–water partition coefficient (Wildman–Crippen LogP) is 4.72. The second-order valence-electron chi connectivity index (χ2n) is 6.22. The van der Waals surface area contributed by atoms with E-state index >= 15 is 0 Å². The molecule has 0 aliphatic carbocycles. The number of H-pyrrole nitrogens is 1. The van der Waals surface area contributed by atoms with Crippen LogP contribution in [0.1, 0.15) is 18.9 Å². The molecule has 3 aromatic rings. The van der Waals surface area contributed by atoms with Crippen LogP contribution in [0.4, 0.5) is 5.69 Å². The summed E-state index contributed by atoms with van der Waals surface area (Å²) in [6.45, 7) is 2.75. The lowest BCUT2D eigenvalue weighted by Gasteiger charge is -2.16. The lowest BCUT2D eigenvalue weighted by atomic mass is 10.2. The lowest BCUT2D eigenvalue weighted by molar-refractivity contribution is 0.295. The number of hydrogen-bond acceptors (Lipinski definition) is 5. The number of aromatic nitrogens is 2. The zero-order valence-corrected chi connectivity index (χ0v) is 16.5. The van der Waals surface area contributed by atoms with Crippen LogP contribution in [0.15, 0.2) is 41.6 Å². The van der Waals surface area contributed by atoms with Gasteiger partial charge in [-0.2, -0.15) is 0 Å². The second-order valence-corrected chi connectivity index (χ2v) is 7.19. The van der Waals surface area contributed by atoms with E-state index in [-0.39, 0.29) is 0 Å². The number of aromatic amines is 1. The zero-order chi connectivity index (χ0) is 18.5. The fourth-order valence-corrected chi connectivity index (χ4v) is 3.64. The quantitative estimate of drug-likeness (QED) is 0.581. The van der Waals surface area contributed by atoms with Crippen molar-refractivity contribution >= 4 is 28.5 Å². The first-order chi connectivity index (χ1) is 12.6. The summed E-state index contributed by atoms with van der Waals surface area (Å²) in [5.41, 5.74) is 4.36. The Morgan fingerprint density at radius 1 is 1.15 bits per heavy atom. The van der Waals surface area contributed by atoms with Crippen LogP contribution in [0.5, 0.6) is 11.5 Å². The number of ether oxygens (including phenoxy) is 2. The van der Waals surface area contributed by atoms with Crippen molar-refractivity contribution in [3.63, 3.8) is 0 Å². The minimum atomic E-state index is 0.666. The van der Waals surface area contributed by atoms with Crippen LogP contribution in [0.25, 0.3) is 11.0 Å². The lowest BCUT2D eigenvalue weighted by Crippen LogP contribution is -2.10. The highest BCUT2D eigenvalue weighted by Crippen LogP contribution is 2.34. The number of nitrogens with one attached hydrogen (secondary N) is 1. The van der Waals surface area contributed by atoms with Crippen LogP contribution in [0.3, 0.4) is 0 Å². The van der Waals surface area contributed by atoms with Crippen LogP contribution in [0, 0.1) is 0 Å². The molecule has 6 heteroatoms. The van der Waals surface area contributed by atoms with Crippen molar-refractivity contribution in [1.29, 1.82) is 0 Å². The third-order valence-electron chi connectivity index (χ3n) is 4.05. The summed E-state index contributed by atoms with van der Waals surface area (Å²) in [4.78, 5) is 10.2. The molecule has 0 fully saturated rings. The van der Waals surface area contributed by atoms with Crippen molar-refractivity contribution in [2.24, 2.45) is 0 Å². The van der Waals surface area contributed by atoms with Crippen molar-refractivity contribution < 1.29 is 9.47 Å². The molecule has 0 aliphatic heterocycles. The first kappa shape index (κ1) is 18.5. The predicted molar refractivity (Wildman–Crippen MR) is 109 cm³/mol. The average molecular weight is 372 g/mol. The first-order valence-electron chi connectivity index (χ1n) is 8.71. The second kappa shape index (κ2) is 8.36. The van der Waals surface area contributed by atoms with Gasteiger partial charge < -0.3 is 19.4 Å². The van der Waals surface area contributed by atoms with Gasteiger partial charge in [0.1, 0.15) is 0 Å². The highest BCUT2D eigenvalue weighted by Gasteiger charge is 2.12. The minimum Gasteiger partial charge on any atom is -0.493 e. The summed E-state index contributed by atoms with van der Waals surface area (Å²) >= 11 is 1.69. The summed E-state index contributed by atoms with van der Waals surface area (Å²) in [5, 5.41) is 0.892. The highest BCUT2D eigenvalue weighted by atomic mass is 32.2. The number of hydrogen-bond donors (Lipinski definition) is 1. The molecule has 0 unspecified atom stereocenters. The van der Waals surface area contributed by atoms with Gasteiger partial charge in [-0.05, 0) is 18.1 Å². The van der Waals surface area contributed by atoms with Crippen molar-refractivity contribution in [1.82, 2.24) is 9.97 Å². The van der Waals surface area contributed by atoms with E-state index in [0.29, 0.717) is 12.4 Å². The molecule has 5 nitrogen and oxygen atoms in total. The molecular formula is C20H25N3O2S. The maximum atomic E-state index is 5.78. The van der Waals surface area contributed by atoms with E-state index in [1.165, 1.54) is 11.3 Å². The summed E-state index contributed by atoms with van der Waals surface area (Å²) in [7, 11) is 5.78. The molecule has 0 saturated carbocycles. The number of methoxy groups -OCH3 is 1. The van der Waals surface area contributed by atoms with E-state index in [2.05, 4.69) is 55.2 Å². The molecule has 2 aromatic carbocycles. The van der Waals surface area contributed by atoms with Gasteiger partial charge in [0, 0.05) is 37.7 Å². The molecule has 0 atom stereocenters. The van der Waals surface area contributed by atoms with Gasteiger partial charge in [0.2, 0.25) is 0 Å².